The van der Waals surface area contributed by atoms with E-state index in [0.717, 1.165) is 37.1 Å². The molecular weight excluding hydrogens is 394 g/mol. The quantitative estimate of drug-likeness (QED) is 0.682. The van der Waals surface area contributed by atoms with Gasteiger partial charge in [-0.05, 0) is 62.8 Å². The topological polar surface area (TPSA) is 99.0 Å². The molecule has 0 aromatic carbocycles. The lowest BCUT2D eigenvalue weighted by Crippen LogP contribution is -2.33. The summed E-state index contributed by atoms with van der Waals surface area (Å²) in [7, 11) is 1.52. The number of aromatic nitrogens is 4. The SMILES string of the molecule is COc1ccc(-n2ccc(C)c(C(=O)NCc3nc(C)c4c(n3)CCCC4)c2=O)cn1. The van der Waals surface area contributed by atoms with Crippen molar-refractivity contribution in [1.29, 1.82) is 0 Å². The van der Waals surface area contributed by atoms with Gasteiger partial charge in [0.1, 0.15) is 11.4 Å². The van der Waals surface area contributed by atoms with Crippen LogP contribution in [0.5, 0.6) is 5.88 Å². The second-order valence-electron chi connectivity index (χ2n) is 7.65. The van der Waals surface area contributed by atoms with Gasteiger partial charge in [0.2, 0.25) is 5.88 Å². The van der Waals surface area contributed by atoms with Gasteiger partial charge < -0.3 is 10.1 Å². The van der Waals surface area contributed by atoms with Crippen molar-refractivity contribution in [2.45, 2.75) is 46.1 Å². The van der Waals surface area contributed by atoms with E-state index in [0.29, 0.717) is 23.0 Å². The van der Waals surface area contributed by atoms with Crippen molar-refractivity contribution in [3.63, 3.8) is 0 Å². The van der Waals surface area contributed by atoms with Crippen LogP contribution in [-0.2, 0) is 19.4 Å². The lowest BCUT2D eigenvalue weighted by Gasteiger charge is -2.17. The first-order chi connectivity index (χ1) is 15.0. The van der Waals surface area contributed by atoms with Crippen LogP contribution in [0.4, 0.5) is 0 Å². The fourth-order valence-electron chi connectivity index (χ4n) is 3.91. The summed E-state index contributed by atoms with van der Waals surface area (Å²) in [5.74, 6) is 0.569. The highest BCUT2D eigenvalue weighted by Gasteiger charge is 2.19. The van der Waals surface area contributed by atoms with Crippen LogP contribution in [0, 0.1) is 13.8 Å². The first kappa shape index (κ1) is 20.7. The number of nitrogens with one attached hydrogen (secondary N) is 1. The monoisotopic (exact) mass is 419 g/mol. The van der Waals surface area contributed by atoms with E-state index in [9.17, 15) is 9.59 Å². The molecule has 31 heavy (non-hydrogen) atoms. The Kier molecular flexibility index (Phi) is 5.79. The van der Waals surface area contributed by atoms with Crippen molar-refractivity contribution in [1.82, 2.24) is 24.8 Å². The van der Waals surface area contributed by atoms with Crippen LogP contribution in [0.2, 0.25) is 0 Å². The molecule has 1 aliphatic carbocycles. The van der Waals surface area contributed by atoms with Crippen molar-refractivity contribution in [2.75, 3.05) is 7.11 Å². The van der Waals surface area contributed by atoms with Gasteiger partial charge in [0.25, 0.3) is 11.5 Å². The zero-order valence-corrected chi connectivity index (χ0v) is 17.9. The molecule has 0 radical (unpaired) electrons. The third-order valence-corrected chi connectivity index (χ3v) is 5.58. The molecule has 3 aromatic rings. The minimum atomic E-state index is -0.447. The number of carbonyl (C=O) groups is 1. The zero-order valence-electron chi connectivity index (χ0n) is 17.9. The van der Waals surface area contributed by atoms with Crippen molar-refractivity contribution in [3.05, 3.63) is 74.8 Å². The Morgan fingerprint density at radius 3 is 2.71 bits per heavy atom. The maximum atomic E-state index is 13.1. The number of methoxy groups -OCH3 is 1. The first-order valence-electron chi connectivity index (χ1n) is 10.3. The van der Waals surface area contributed by atoms with E-state index in [2.05, 4.69) is 20.3 Å². The number of carbonyl (C=O) groups excluding carboxylic acids is 1. The molecule has 0 bridgehead atoms. The van der Waals surface area contributed by atoms with Gasteiger partial charge in [0.15, 0.2) is 0 Å². The van der Waals surface area contributed by atoms with E-state index in [-0.39, 0.29) is 12.1 Å². The Labute approximate surface area is 180 Å². The largest absolute Gasteiger partial charge is 0.481 e. The van der Waals surface area contributed by atoms with Crippen molar-refractivity contribution >= 4 is 5.91 Å². The number of pyridine rings is 2. The number of hydrogen-bond acceptors (Lipinski definition) is 6. The summed E-state index contributed by atoms with van der Waals surface area (Å²) in [5.41, 5.74) is 4.11. The molecule has 1 N–H and O–H groups in total. The standard InChI is InChI=1S/C23H25N5O3/c1-14-10-11-28(16-8-9-20(31-3)24-12-16)23(30)21(14)22(29)25-13-19-26-15(2)17-6-4-5-7-18(17)27-19/h8-12H,4-7,13H2,1-3H3,(H,25,29). The average Bonchev–Trinajstić information content (AvgIpc) is 2.78. The molecular formula is C23H25N5O3. The lowest BCUT2D eigenvalue weighted by molar-refractivity contribution is 0.0947. The summed E-state index contributed by atoms with van der Waals surface area (Å²) >= 11 is 0. The normalized spacial score (nSPS) is 12.9. The maximum absolute atomic E-state index is 13.1. The Bertz CT molecular complexity index is 1190. The predicted octanol–water partition coefficient (Wildman–Crippen LogP) is 2.46. The van der Waals surface area contributed by atoms with Gasteiger partial charge in [-0.1, -0.05) is 0 Å². The molecule has 8 nitrogen and oxygen atoms in total. The molecule has 160 valence electrons. The summed E-state index contributed by atoms with van der Waals surface area (Å²) in [6.45, 7) is 3.90. The van der Waals surface area contributed by atoms with Gasteiger partial charge >= 0.3 is 0 Å². The number of fused-ring (bicyclic) bond motifs is 1. The summed E-state index contributed by atoms with van der Waals surface area (Å²) in [5, 5.41) is 2.81. The molecule has 4 rings (SSSR count). The van der Waals surface area contributed by atoms with Gasteiger partial charge in [-0.25, -0.2) is 15.0 Å². The van der Waals surface area contributed by atoms with Gasteiger partial charge in [0.05, 0.1) is 25.5 Å². The molecule has 0 unspecified atom stereocenters. The molecule has 1 aliphatic rings. The molecule has 3 heterocycles. The minimum Gasteiger partial charge on any atom is -0.481 e. The highest BCUT2D eigenvalue weighted by atomic mass is 16.5. The summed E-state index contributed by atoms with van der Waals surface area (Å²) < 4.78 is 6.46. The fourth-order valence-corrected chi connectivity index (χ4v) is 3.91. The van der Waals surface area contributed by atoms with Crippen LogP contribution in [0.3, 0.4) is 0 Å². The van der Waals surface area contributed by atoms with Crippen molar-refractivity contribution in [3.8, 4) is 11.6 Å². The van der Waals surface area contributed by atoms with Crippen molar-refractivity contribution in [2.24, 2.45) is 0 Å². The predicted molar refractivity (Wildman–Crippen MR) is 116 cm³/mol. The number of nitrogens with zero attached hydrogens (tertiary/aromatic N) is 4. The molecule has 0 saturated heterocycles. The lowest BCUT2D eigenvalue weighted by atomic mass is 9.95. The Morgan fingerprint density at radius 2 is 1.97 bits per heavy atom. The van der Waals surface area contributed by atoms with Crippen molar-refractivity contribution < 1.29 is 9.53 Å². The van der Waals surface area contributed by atoms with Gasteiger partial charge in [0, 0.05) is 23.7 Å². The summed E-state index contributed by atoms with van der Waals surface area (Å²) in [6.07, 6.45) is 7.40. The second kappa shape index (κ2) is 8.67. The number of hydrogen-bond donors (Lipinski definition) is 1. The Morgan fingerprint density at radius 1 is 1.16 bits per heavy atom. The van der Waals surface area contributed by atoms with E-state index >= 15 is 0 Å². The Balaban J connectivity index is 1.57. The van der Waals surface area contributed by atoms with Crippen LogP contribution in [0.15, 0.2) is 35.4 Å². The zero-order chi connectivity index (χ0) is 22.0. The van der Waals surface area contributed by atoms with Crippen LogP contribution < -0.4 is 15.6 Å². The number of aryl methyl sites for hydroxylation is 3. The van der Waals surface area contributed by atoms with E-state index in [1.807, 2.05) is 6.92 Å². The molecule has 0 aliphatic heterocycles. The molecule has 1 amide bonds. The first-order valence-corrected chi connectivity index (χ1v) is 10.3. The smallest absolute Gasteiger partial charge is 0.268 e. The van der Waals surface area contributed by atoms with Crippen LogP contribution in [-0.4, -0.2) is 32.5 Å². The summed E-state index contributed by atoms with van der Waals surface area (Å²) in [6, 6.07) is 5.12. The van der Waals surface area contributed by atoms with E-state index in [1.54, 1.807) is 31.3 Å². The van der Waals surface area contributed by atoms with Gasteiger partial charge in [-0.2, -0.15) is 0 Å². The highest BCUT2D eigenvalue weighted by molar-refractivity contribution is 5.95. The molecule has 0 saturated carbocycles. The third kappa shape index (κ3) is 4.19. The van der Waals surface area contributed by atoms with E-state index in [1.165, 1.54) is 23.4 Å². The maximum Gasteiger partial charge on any atom is 0.268 e. The minimum absolute atomic E-state index is 0.0907. The molecule has 0 spiro atoms. The van der Waals surface area contributed by atoms with Crippen LogP contribution in [0.1, 0.15) is 51.5 Å². The second-order valence-corrected chi connectivity index (χ2v) is 7.65. The van der Waals surface area contributed by atoms with Gasteiger partial charge in [-0.15, -0.1) is 0 Å². The van der Waals surface area contributed by atoms with Crippen LogP contribution in [0.25, 0.3) is 5.69 Å². The Hall–Kier alpha value is -3.55. The highest BCUT2D eigenvalue weighted by Crippen LogP contribution is 2.21. The van der Waals surface area contributed by atoms with E-state index in [4.69, 9.17) is 4.74 Å². The van der Waals surface area contributed by atoms with E-state index < -0.39 is 11.5 Å². The molecule has 0 fully saturated rings. The summed E-state index contributed by atoms with van der Waals surface area (Å²) in [4.78, 5) is 39.3. The number of ether oxygens (including phenoxy) is 1. The molecule has 8 heteroatoms. The van der Waals surface area contributed by atoms with Crippen LogP contribution >= 0.6 is 0 Å². The average molecular weight is 419 g/mol. The third-order valence-electron chi connectivity index (χ3n) is 5.58. The molecule has 0 atom stereocenters. The fraction of sp³-hybridized carbons (Fsp3) is 0.348. The molecule has 3 aromatic heterocycles. The number of rotatable bonds is 5. The van der Waals surface area contributed by atoms with Gasteiger partial charge in [-0.3, -0.25) is 14.2 Å². The number of amides is 1.